The summed E-state index contributed by atoms with van der Waals surface area (Å²) in [5.74, 6) is 2.28. The average Bonchev–Trinajstić information content (AvgIpc) is 3.96. The lowest BCUT2D eigenvalue weighted by Crippen LogP contribution is -2.50. The molecule has 5 heterocycles. The highest BCUT2D eigenvalue weighted by Gasteiger charge is 2.41. The Morgan fingerprint density at radius 1 is 0.444 bits per heavy atom. The molecule has 0 aliphatic carbocycles. The van der Waals surface area contributed by atoms with E-state index in [0.29, 0.717) is 5.82 Å². The molecule has 1 aliphatic rings. The minimum atomic E-state index is -2.16. The van der Waals surface area contributed by atoms with Gasteiger partial charge in [0, 0.05) is 63.9 Å². The van der Waals surface area contributed by atoms with E-state index in [1.54, 1.807) is 0 Å². The van der Waals surface area contributed by atoms with Gasteiger partial charge in [-0.25, -0.2) is 19.9 Å². The van der Waals surface area contributed by atoms with Crippen LogP contribution in [0.5, 0.6) is 0 Å². The standard InChI is InChI=1S/C56H37N5SSi/c1-63(2)49-27-14-11-22-42(49)50-51(34-16-5-3-6-17-34)58-54(60-56(50)63)37-29-31-47-44(33-37)43-32-36(38-23-15-24-40-39-20-10-13-26-48(39)62-52(38)40)28-30-46(43)61(47)55-41-21-9-12-25-45(41)57-53(59-55)35-18-7-4-8-19-35/h3-33H,1-2H3. The largest absolute Gasteiger partial charge is 0.293 e. The van der Waals surface area contributed by atoms with E-state index in [-0.39, 0.29) is 0 Å². The zero-order chi connectivity index (χ0) is 41.8. The van der Waals surface area contributed by atoms with E-state index >= 15 is 0 Å². The Morgan fingerprint density at radius 3 is 1.87 bits per heavy atom. The third-order valence-corrected chi connectivity index (χ3v) is 17.5. The first-order valence-corrected chi connectivity index (χ1v) is 25.2. The number of benzene rings is 8. The maximum Gasteiger partial charge on any atom is 0.162 e. The van der Waals surface area contributed by atoms with Crippen LogP contribution in [0.15, 0.2) is 188 Å². The summed E-state index contributed by atoms with van der Waals surface area (Å²) in [6.45, 7) is 4.85. The summed E-state index contributed by atoms with van der Waals surface area (Å²) in [6.07, 6.45) is 0. The summed E-state index contributed by atoms with van der Waals surface area (Å²) in [7, 11) is -2.16. The fourth-order valence-corrected chi connectivity index (χ4v) is 14.1. The molecular weight excluding hydrogens is 803 g/mol. The van der Waals surface area contributed by atoms with Crippen LogP contribution in [0.3, 0.4) is 0 Å². The van der Waals surface area contributed by atoms with E-state index in [0.717, 1.165) is 66.7 Å². The van der Waals surface area contributed by atoms with Gasteiger partial charge in [-0.15, -0.1) is 11.3 Å². The smallest absolute Gasteiger partial charge is 0.162 e. The van der Waals surface area contributed by atoms with E-state index in [1.807, 2.05) is 29.5 Å². The second-order valence-electron chi connectivity index (χ2n) is 17.0. The zero-order valence-electron chi connectivity index (χ0n) is 34.5. The summed E-state index contributed by atoms with van der Waals surface area (Å²) in [5.41, 5.74) is 11.9. The first-order valence-electron chi connectivity index (χ1n) is 21.4. The summed E-state index contributed by atoms with van der Waals surface area (Å²) < 4.78 is 4.93. The lowest BCUT2D eigenvalue weighted by atomic mass is 9.99. The molecule has 0 spiro atoms. The van der Waals surface area contributed by atoms with E-state index in [9.17, 15) is 0 Å². The van der Waals surface area contributed by atoms with Crippen LogP contribution in [0.1, 0.15) is 0 Å². The lowest BCUT2D eigenvalue weighted by molar-refractivity contribution is 1.08. The summed E-state index contributed by atoms with van der Waals surface area (Å²) >= 11 is 1.86. The van der Waals surface area contributed by atoms with Gasteiger partial charge in [0.05, 0.1) is 22.2 Å². The number of nitrogens with zero attached hydrogens (tertiary/aromatic N) is 5. The molecule has 5 nitrogen and oxygen atoms in total. The van der Waals surface area contributed by atoms with Crippen molar-refractivity contribution < 1.29 is 0 Å². The Bertz CT molecular complexity index is 3830. The third-order valence-electron chi connectivity index (χ3n) is 13.0. The first-order chi connectivity index (χ1) is 31.0. The lowest BCUT2D eigenvalue weighted by Gasteiger charge is -2.19. The Kier molecular flexibility index (Phi) is 7.86. The molecule has 0 unspecified atom stereocenters. The van der Waals surface area contributed by atoms with Crippen molar-refractivity contribution in [1.29, 1.82) is 0 Å². The van der Waals surface area contributed by atoms with Crippen molar-refractivity contribution in [2.24, 2.45) is 0 Å². The van der Waals surface area contributed by atoms with Crippen molar-refractivity contribution in [3.05, 3.63) is 188 Å². The SMILES string of the molecule is C[Si]1(C)c2ccccc2-c2c(-c3ccccc3)nc(-c3ccc4c(c3)c3cc(-c5cccc6c5sc5ccccc56)ccc3n4-c3nc(-c4ccccc4)nc4ccccc34)nc21. The highest BCUT2D eigenvalue weighted by Crippen LogP contribution is 2.43. The van der Waals surface area contributed by atoms with Crippen LogP contribution in [0.25, 0.3) is 115 Å². The van der Waals surface area contributed by atoms with Crippen LogP contribution >= 0.6 is 11.3 Å². The van der Waals surface area contributed by atoms with Crippen molar-refractivity contribution >= 4 is 82.8 Å². The number of hydrogen-bond acceptors (Lipinski definition) is 5. The maximum absolute atomic E-state index is 5.56. The highest BCUT2D eigenvalue weighted by molar-refractivity contribution is 7.26. The second kappa shape index (κ2) is 13.7. The van der Waals surface area contributed by atoms with Crippen molar-refractivity contribution in [2.45, 2.75) is 13.1 Å². The van der Waals surface area contributed by atoms with Gasteiger partial charge in [0.2, 0.25) is 0 Å². The van der Waals surface area contributed by atoms with Crippen LogP contribution in [-0.2, 0) is 0 Å². The molecule has 0 amide bonds. The molecule has 8 aromatic carbocycles. The monoisotopic (exact) mass is 839 g/mol. The number of thiophene rings is 1. The molecule has 1 aliphatic heterocycles. The first kappa shape index (κ1) is 36.1. The minimum Gasteiger partial charge on any atom is -0.293 e. The van der Waals surface area contributed by atoms with Crippen molar-refractivity contribution in [1.82, 2.24) is 24.5 Å². The molecule has 0 saturated heterocycles. The Morgan fingerprint density at radius 2 is 1.06 bits per heavy atom. The molecule has 296 valence electrons. The molecule has 0 saturated carbocycles. The summed E-state index contributed by atoms with van der Waals surface area (Å²) in [6, 6.07) is 67.2. The van der Waals surface area contributed by atoms with Gasteiger partial charge in [-0.1, -0.05) is 153 Å². The zero-order valence-corrected chi connectivity index (χ0v) is 36.4. The Hall–Kier alpha value is -7.58. The minimum absolute atomic E-state index is 0.691. The van der Waals surface area contributed by atoms with Crippen molar-refractivity contribution in [2.75, 3.05) is 0 Å². The van der Waals surface area contributed by atoms with Gasteiger partial charge >= 0.3 is 0 Å². The molecular formula is C56H37N5SSi. The number of fused-ring (bicyclic) bond motifs is 10. The van der Waals surface area contributed by atoms with Crippen LogP contribution in [0.2, 0.25) is 13.1 Å². The van der Waals surface area contributed by atoms with Gasteiger partial charge in [-0.2, -0.15) is 0 Å². The fraction of sp³-hybridized carbons (Fsp3) is 0.0357. The molecule has 0 bridgehead atoms. The molecule has 0 atom stereocenters. The predicted molar refractivity (Wildman–Crippen MR) is 266 cm³/mol. The van der Waals surface area contributed by atoms with Gasteiger partial charge < -0.3 is 0 Å². The van der Waals surface area contributed by atoms with Crippen molar-refractivity contribution in [3.8, 4) is 62.1 Å². The topological polar surface area (TPSA) is 56.5 Å². The number of aromatic nitrogens is 5. The van der Waals surface area contributed by atoms with Gasteiger partial charge in [0.15, 0.2) is 11.6 Å². The molecule has 0 radical (unpaired) electrons. The second-order valence-corrected chi connectivity index (χ2v) is 22.3. The Labute approximate surface area is 368 Å². The third kappa shape index (κ3) is 5.46. The quantitative estimate of drug-likeness (QED) is 0.162. The fourth-order valence-electron chi connectivity index (χ4n) is 9.96. The highest BCUT2D eigenvalue weighted by atomic mass is 32.1. The van der Waals surface area contributed by atoms with Crippen LogP contribution in [0, 0.1) is 0 Å². The van der Waals surface area contributed by atoms with Crippen LogP contribution < -0.4 is 10.5 Å². The molecule has 7 heteroatoms. The molecule has 13 rings (SSSR count). The van der Waals surface area contributed by atoms with Gasteiger partial charge in [0.25, 0.3) is 0 Å². The normalized spacial score (nSPS) is 13.0. The molecule has 0 N–H and O–H groups in total. The van der Waals surface area contributed by atoms with E-state index < -0.39 is 8.07 Å². The van der Waals surface area contributed by atoms with Gasteiger partial charge in [-0.3, -0.25) is 4.57 Å². The van der Waals surface area contributed by atoms with E-state index in [2.05, 4.69) is 188 Å². The molecule has 12 aromatic rings. The van der Waals surface area contributed by atoms with Gasteiger partial charge in [-0.05, 0) is 70.4 Å². The molecule has 63 heavy (non-hydrogen) atoms. The number of hydrogen-bond donors (Lipinski definition) is 0. The maximum atomic E-state index is 5.56. The summed E-state index contributed by atoms with van der Waals surface area (Å²) in [5, 5.41) is 8.42. The van der Waals surface area contributed by atoms with Crippen molar-refractivity contribution in [3.63, 3.8) is 0 Å². The Balaban J connectivity index is 1.09. The number of para-hydroxylation sites is 1. The van der Waals surface area contributed by atoms with Gasteiger partial charge in [0.1, 0.15) is 13.9 Å². The van der Waals surface area contributed by atoms with E-state index in [1.165, 1.54) is 52.9 Å². The van der Waals surface area contributed by atoms with Crippen LogP contribution in [0.4, 0.5) is 0 Å². The summed E-state index contributed by atoms with van der Waals surface area (Å²) in [4.78, 5) is 21.5. The van der Waals surface area contributed by atoms with E-state index in [4.69, 9.17) is 19.9 Å². The molecule has 0 fully saturated rings. The van der Waals surface area contributed by atoms with Crippen LogP contribution in [-0.4, -0.2) is 32.6 Å². The number of rotatable bonds is 5. The average molecular weight is 840 g/mol. The molecule has 4 aromatic heterocycles. The predicted octanol–water partition coefficient (Wildman–Crippen LogP) is 13.4.